The Morgan fingerprint density at radius 1 is 1.20 bits per heavy atom. The molecule has 2 N–H and O–H groups in total. The van der Waals surface area contributed by atoms with E-state index in [9.17, 15) is 36.0 Å². The fourth-order valence-electron chi connectivity index (χ4n) is 5.57. The summed E-state index contributed by atoms with van der Waals surface area (Å²) in [5.41, 5.74) is 1.77. The largest absolute Gasteiger partial charge is 0.471 e. The summed E-state index contributed by atoms with van der Waals surface area (Å²) in [6.07, 6.45) is -1.12. The van der Waals surface area contributed by atoms with Crippen LogP contribution < -0.4 is 10.0 Å². The molecule has 0 radical (unpaired) electrons. The highest BCUT2D eigenvalue weighted by Gasteiger charge is 2.43. The van der Waals surface area contributed by atoms with E-state index in [0.717, 1.165) is 12.1 Å². The van der Waals surface area contributed by atoms with Crippen LogP contribution in [0.1, 0.15) is 43.7 Å². The normalized spacial score (nSPS) is 22.4. The topological polar surface area (TPSA) is 125 Å². The van der Waals surface area contributed by atoms with Crippen molar-refractivity contribution < 1.29 is 40.7 Å². The second kappa shape index (κ2) is 12.5. The first-order chi connectivity index (χ1) is 19.3. The highest BCUT2D eigenvalue weighted by atomic mass is 32.2. The molecule has 226 valence electrons. The third-order valence-electron chi connectivity index (χ3n) is 7.82. The van der Waals surface area contributed by atoms with Gasteiger partial charge >= 0.3 is 18.1 Å². The Bertz CT molecular complexity index is 1320. The molecule has 1 aromatic rings. The number of fused-ring (bicyclic) bond motifs is 1. The number of carbonyl (C=O) groups is 3. The second-order valence-electron chi connectivity index (χ2n) is 10.8. The molecule has 3 aliphatic rings. The van der Waals surface area contributed by atoms with E-state index in [0.29, 0.717) is 36.3 Å². The number of nitrogens with one attached hydrogen (secondary N) is 2. The van der Waals surface area contributed by atoms with Crippen LogP contribution in [0, 0.1) is 5.92 Å². The van der Waals surface area contributed by atoms with Gasteiger partial charge in [0.05, 0.1) is 12.0 Å². The standard InChI is InChI=1S/C27H35F3N4O6S/c1-17-7-11-34(23(12-17)25(36)40-2)24(35)22(13-18-4-3-9-31-15-18)32-41(38,39)21-6-5-19-8-10-33(16-20(19)14-21)26(37)27(28,29)30/h4-6,14,17,22-23,31-32H,3,7-13,15-16H2,1-2H3/t17-,22-,23+/m0/s1. The summed E-state index contributed by atoms with van der Waals surface area (Å²) in [6.45, 7) is 2.94. The van der Waals surface area contributed by atoms with E-state index in [1.54, 1.807) is 0 Å². The molecule has 1 fully saturated rings. The predicted molar refractivity (Wildman–Crippen MR) is 142 cm³/mol. The summed E-state index contributed by atoms with van der Waals surface area (Å²) in [4.78, 5) is 40.0. The predicted octanol–water partition coefficient (Wildman–Crippen LogP) is 1.89. The Hall–Kier alpha value is -2.97. The van der Waals surface area contributed by atoms with Crippen molar-refractivity contribution in [3.63, 3.8) is 0 Å². The van der Waals surface area contributed by atoms with Gasteiger partial charge in [0.1, 0.15) is 12.1 Å². The Morgan fingerprint density at radius 3 is 2.61 bits per heavy atom. The van der Waals surface area contributed by atoms with Crippen molar-refractivity contribution in [1.29, 1.82) is 0 Å². The van der Waals surface area contributed by atoms with Crippen LogP contribution in [0.4, 0.5) is 13.2 Å². The van der Waals surface area contributed by atoms with Crippen molar-refractivity contribution in [3.8, 4) is 0 Å². The van der Waals surface area contributed by atoms with Gasteiger partial charge in [-0.05, 0) is 67.8 Å². The smallest absolute Gasteiger partial charge is 0.467 e. The summed E-state index contributed by atoms with van der Waals surface area (Å²) in [5.74, 6) is -2.94. The lowest BCUT2D eigenvalue weighted by Crippen LogP contribution is -2.56. The van der Waals surface area contributed by atoms with E-state index in [1.807, 2.05) is 13.0 Å². The van der Waals surface area contributed by atoms with Crippen molar-refractivity contribution in [2.45, 2.75) is 68.7 Å². The van der Waals surface area contributed by atoms with E-state index < -0.39 is 46.1 Å². The van der Waals surface area contributed by atoms with Gasteiger partial charge in [-0.25, -0.2) is 13.2 Å². The quantitative estimate of drug-likeness (QED) is 0.362. The Kier molecular flexibility index (Phi) is 9.44. The average molecular weight is 601 g/mol. The third-order valence-corrected chi connectivity index (χ3v) is 9.29. The van der Waals surface area contributed by atoms with Crippen LogP contribution in [0.5, 0.6) is 0 Å². The van der Waals surface area contributed by atoms with Crippen molar-refractivity contribution in [1.82, 2.24) is 19.8 Å². The molecule has 10 nitrogen and oxygen atoms in total. The zero-order chi connectivity index (χ0) is 29.9. The minimum Gasteiger partial charge on any atom is -0.467 e. The number of piperidine rings is 1. The van der Waals surface area contributed by atoms with E-state index in [2.05, 4.69) is 10.0 Å². The Balaban J connectivity index is 1.61. The Morgan fingerprint density at radius 2 is 1.95 bits per heavy atom. The number of ether oxygens (including phenoxy) is 1. The molecule has 14 heteroatoms. The van der Waals surface area contributed by atoms with Gasteiger partial charge in [-0.15, -0.1) is 0 Å². The zero-order valence-corrected chi connectivity index (χ0v) is 23.8. The lowest BCUT2D eigenvalue weighted by Gasteiger charge is -2.38. The third kappa shape index (κ3) is 7.28. The average Bonchev–Trinajstić information content (AvgIpc) is 2.95. The lowest BCUT2D eigenvalue weighted by atomic mass is 9.91. The fourth-order valence-corrected chi connectivity index (χ4v) is 6.81. The van der Waals surface area contributed by atoms with Crippen LogP contribution in [-0.4, -0.2) is 87.6 Å². The first-order valence-electron chi connectivity index (χ1n) is 13.6. The zero-order valence-electron chi connectivity index (χ0n) is 23.0. The van der Waals surface area contributed by atoms with Gasteiger partial charge in [0.25, 0.3) is 0 Å². The van der Waals surface area contributed by atoms with Crippen LogP contribution in [-0.2, 0) is 42.1 Å². The van der Waals surface area contributed by atoms with E-state index >= 15 is 0 Å². The number of hydrogen-bond acceptors (Lipinski definition) is 7. The van der Waals surface area contributed by atoms with E-state index in [4.69, 9.17) is 4.74 Å². The molecule has 2 amide bonds. The van der Waals surface area contributed by atoms with Crippen molar-refractivity contribution in [2.75, 3.05) is 33.3 Å². The molecule has 3 aliphatic heterocycles. The highest BCUT2D eigenvalue weighted by Crippen LogP contribution is 2.28. The molecule has 1 aromatic carbocycles. The molecule has 0 aliphatic carbocycles. The number of halogens is 3. The monoisotopic (exact) mass is 600 g/mol. The molecule has 0 spiro atoms. The number of carbonyl (C=O) groups excluding carboxylic acids is 3. The van der Waals surface area contributed by atoms with Gasteiger partial charge in [0, 0.05) is 26.2 Å². The molecule has 0 bridgehead atoms. The fraction of sp³-hybridized carbons (Fsp3) is 0.593. The molecule has 3 atom stereocenters. The van der Waals surface area contributed by atoms with Crippen LogP contribution in [0.25, 0.3) is 0 Å². The van der Waals surface area contributed by atoms with Gasteiger partial charge < -0.3 is 19.9 Å². The number of rotatable bonds is 7. The first kappa shape index (κ1) is 31.0. The molecule has 4 rings (SSSR count). The van der Waals surface area contributed by atoms with Crippen molar-refractivity contribution in [2.24, 2.45) is 5.92 Å². The highest BCUT2D eigenvalue weighted by molar-refractivity contribution is 7.89. The van der Waals surface area contributed by atoms with Crippen molar-refractivity contribution >= 4 is 27.8 Å². The maximum atomic E-state index is 13.9. The number of benzene rings is 1. The Labute approximate surface area is 237 Å². The summed E-state index contributed by atoms with van der Waals surface area (Å²) in [7, 11) is -3.10. The molecular formula is C27H35F3N4O6S. The molecular weight excluding hydrogens is 565 g/mol. The molecule has 1 saturated heterocycles. The summed E-state index contributed by atoms with van der Waals surface area (Å²) in [5, 5.41) is 3.20. The number of nitrogens with zero attached hydrogens (tertiary/aromatic N) is 2. The van der Waals surface area contributed by atoms with Gasteiger partial charge in [0.15, 0.2) is 0 Å². The number of alkyl halides is 3. The minimum absolute atomic E-state index is 0.0732. The van der Waals surface area contributed by atoms with E-state index in [-0.39, 0.29) is 48.9 Å². The first-order valence-corrected chi connectivity index (χ1v) is 15.1. The number of amides is 2. The SMILES string of the molecule is COC(=O)[C@H]1C[C@@H](C)CCN1C(=O)[C@H](CC1=CCCNC1)NS(=O)(=O)c1ccc2c(c1)CN(C(=O)C(F)(F)F)CC2. The van der Waals surface area contributed by atoms with Gasteiger partial charge in [-0.2, -0.15) is 17.9 Å². The maximum absolute atomic E-state index is 13.9. The molecule has 0 aromatic heterocycles. The number of sulfonamides is 1. The van der Waals surface area contributed by atoms with Crippen molar-refractivity contribution in [3.05, 3.63) is 41.0 Å². The van der Waals surface area contributed by atoms with Crippen LogP contribution >= 0.6 is 0 Å². The van der Waals surface area contributed by atoms with Crippen LogP contribution in [0.3, 0.4) is 0 Å². The molecule has 3 heterocycles. The van der Waals surface area contributed by atoms with Crippen LogP contribution in [0.15, 0.2) is 34.7 Å². The minimum atomic E-state index is -5.03. The number of esters is 1. The van der Waals surface area contributed by atoms with Gasteiger partial charge in [-0.1, -0.05) is 24.6 Å². The molecule has 0 saturated carbocycles. The number of methoxy groups -OCH3 is 1. The number of hydrogen-bond donors (Lipinski definition) is 2. The number of likely N-dealkylation sites (tertiary alicyclic amines) is 1. The summed E-state index contributed by atoms with van der Waals surface area (Å²) >= 11 is 0. The lowest BCUT2D eigenvalue weighted by molar-refractivity contribution is -0.186. The van der Waals surface area contributed by atoms with Gasteiger partial charge in [-0.3, -0.25) is 9.59 Å². The van der Waals surface area contributed by atoms with Gasteiger partial charge in [0.2, 0.25) is 15.9 Å². The maximum Gasteiger partial charge on any atom is 0.471 e. The van der Waals surface area contributed by atoms with Crippen LogP contribution in [0.2, 0.25) is 0 Å². The second-order valence-corrected chi connectivity index (χ2v) is 12.5. The molecule has 0 unspecified atom stereocenters. The van der Waals surface area contributed by atoms with E-state index in [1.165, 1.54) is 30.2 Å². The summed E-state index contributed by atoms with van der Waals surface area (Å²) < 4.78 is 73.6. The molecule has 41 heavy (non-hydrogen) atoms. The summed E-state index contributed by atoms with van der Waals surface area (Å²) in [6, 6.07) is 2.03.